The lowest BCUT2D eigenvalue weighted by atomic mass is 10.1. The second kappa shape index (κ2) is 9.84. The number of aromatic amines is 2. The van der Waals surface area contributed by atoms with Crippen LogP contribution in [-0.2, 0) is 13.1 Å². The molecule has 0 unspecified atom stereocenters. The fourth-order valence-corrected chi connectivity index (χ4v) is 3.92. The van der Waals surface area contributed by atoms with Crippen molar-refractivity contribution in [2.45, 2.75) is 26.9 Å². The Hall–Kier alpha value is -3.40. The third kappa shape index (κ3) is 4.77. The SMILES string of the molecule is Cc1[nH]c2ccc(/N=c3\[nH]c(=O)n(CC(CO)CO)c(=O)n3Cc3ccc(Cl)cc3)cc2c1C. The first-order valence-corrected chi connectivity index (χ1v) is 11.2. The summed E-state index contributed by atoms with van der Waals surface area (Å²) < 4.78 is 2.32. The van der Waals surface area contributed by atoms with Crippen LogP contribution < -0.4 is 17.0 Å². The smallest absolute Gasteiger partial charge is 0.335 e. The molecule has 2 heterocycles. The second-order valence-electron chi connectivity index (χ2n) is 8.31. The number of aliphatic hydroxyl groups is 2. The van der Waals surface area contributed by atoms with Crippen molar-refractivity contribution in [2.75, 3.05) is 13.2 Å². The molecule has 0 fully saturated rings. The van der Waals surface area contributed by atoms with E-state index in [0.717, 1.165) is 32.3 Å². The predicted octanol–water partition coefficient (Wildman–Crippen LogP) is 1.97. The Bertz CT molecular complexity index is 1510. The lowest BCUT2D eigenvalue weighted by Crippen LogP contribution is -2.51. The summed E-state index contributed by atoms with van der Waals surface area (Å²) in [7, 11) is 0. The minimum absolute atomic E-state index is 0.0926. The van der Waals surface area contributed by atoms with E-state index in [-0.39, 0.29) is 31.9 Å². The number of hydrogen-bond acceptors (Lipinski definition) is 5. The molecular weight excluding hydrogens is 458 g/mol. The van der Waals surface area contributed by atoms with Crippen molar-refractivity contribution in [1.82, 2.24) is 19.1 Å². The van der Waals surface area contributed by atoms with Crippen molar-refractivity contribution in [3.05, 3.63) is 90.9 Å². The minimum atomic E-state index is -0.669. The van der Waals surface area contributed by atoms with Crippen molar-refractivity contribution in [3.63, 3.8) is 0 Å². The average molecular weight is 484 g/mol. The van der Waals surface area contributed by atoms with Crippen LogP contribution in [0.2, 0.25) is 5.02 Å². The molecule has 0 aliphatic carbocycles. The number of nitrogens with one attached hydrogen (secondary N) is 2. The molecule has 4 N–H and O–H groups in total. The topological polar surface area (TPSA) is 128 Å². The number of halogens is 1. The summed E-state index contributed by atoms with van der Waals surface area (Å²) in [6.45, 7) is 3.30. The van der Waals surface area contributed by atoms with E-state index >= 15 is 0 Å². The fraction of sp³-hybridized carbons (Fsp3) is 0.292. The number of aryl methyl sites for hydroxylation is 2. The Labute approximate surface area is 199 Å². The highest BCUT2D eigenvalue weighted by Gasteiger charge is 2.15. The van der Waals surface area contributed by atoms with E-state index in [0.29, 0.717) is 10.7 Å². The highest BCUT2D eigenvalue weighted by Crippen LogP contribution is 2.25. The van der Waals surface area contributed by atoms with Crippen LogP contribution in [0.3, 0.4) is 0 Å². The summed E-state index contributed by atoms with van der Waals surface area (Å²) in [6, 6.07) is 12.6. The summed E-state index contributed by atoms with van der Waals surface area (Å²) in [4.78, 5) is 36.7. The van der Waals surface area contributed by atoms with Gasteiger partial charge in [-0.2, -0.15) is 0 Å². The fourth-order valence-electron chi connectivity index (χ4n) is 3.79. The predicted molar refractivity (Wildman–Crippen MR) is 131 cm³/mol. The molecule has 2 aromatic carbocycles. The monoisotopic (exact) mass is 483 g/mol. The molecule has 178 valence electrons. The van der Waals surface area contributed by atoms with Gasteiger partial charge in [0.25, 0.3) is 0 Å². The van der Waals surface area contributed by atoms with Gasteiger partial charge in [0.2, 0.25) is 5.62 Å². The standard InChI is InChI=1S/C24H26ClN5O4/c1-14-15(2)26-21-8-7-19(9-20(14)21)27-22-28-23(33)30(11-17(12-31)13-32)24(34)29(22)10-16-3-5-18(25)6-4-16/h3-9,17,26,31-32H,10-13H2,1-2H3,(H,27,28,33). The van der Waals surface area contributed by atoms with Crippen LogP contribution in [0.4, 0.5) is 5.69 Å². The molecule has 0 saturated heterocycles. The van der Waals surface area contributed by atoms with E-state index in [2.05, 4.69) is 15.0 Å². The Morgan fingerprint density at radius 2 is 1.71 bits per heavy atom. The number of fused-ring (bicyclic) bond motifs is 1. The molecule has 9 nitrogen and oxygen atoms in total. The molecule has 10 heteroatoms. The quantitative estimate of drug-likeness (QED) is 0.320. The summed E-state index contributed by atoms with van der Waals surface area (Å²) in [6.07, 6.45) is 0. The van der Waals surface area contributed by atoms with Crippen molar-refractivity contribution >= 4 is 28.2 Å². The van der Waals surface area contributed by atoms with Crippen LogP contribution >= 0.6 is 11.6 Å². The molecule has 4 aromatic rings. The molecule has 4 rings (SSSR count). The van der Waals surface area contributed by atoms with Crippen molar-refractivity contribution < 1.29 is 10.2 Å². The zero-order valence-electron chi connectivity index (χ0n) is 18.9. The number of benzene rings is 2. The molecule has 0 aliphatic heterocycles. The van der Waals surface area contributed by atoms with Gasteiger partial charge in [-0.15, -0.1) is 0 Å². The zero-order valence-corrected chi connectivity index (χ0v) is 19.6. The summed E-state index contributed by atoms with van der Waals surface area (Å²) >= 11 is 5.99. The maximum Gasteiger partial charge on any atom is 0.335 e. The second-order valence-corrected chi connectivity index (χ2v) is 8.74. The van der Waals surface area contributed by atoms with Gasteiger partial charge >= 0.3 is 11.4 Å². The van der Waals surface area contributed by atoms with Gasteiger partial charge < -0.3 is 15.2 Å². The van der Waals surface area contributed by atoms with Crippen LogP contribution in [0, 0.1) is 19.8 Å². The zero-order chi connectivity index (χ0) is 24.4. The number of hydrogen-bond donors (Lipinski definition) is 4. The van der Waals surface area contributed by atoms with Gasteiger partial charge in [0.1, 0.15) is 0 Å². The third-order valence-electron chi connectivity index (χ3n) is 5.92. The number of aliphatic hydroxyl groups excluding tert-OH is 2. The number of rotatable bonds is 7. The van der Waals surface area contributed by atoms with Crippen molar-refractivity contribution in [1.29, 1.82) is 0 Å². The third-order valence-corrected chi connectivity index (χ3v) is 6.17. The Kier molecular flexibility index (Phi) is 6.87. The van der Waals surface area contributed by atoms with Gasteiger partial charge in [-0.25, -0.2) is 19.1 Å². The summed E-state index contributed by atoms with van der Waals surface area (Å²) in [5.41, 5.74) is 3.33. The molecule has 0 spiro atoms. The highest BCUT2D eigenvalue weighted by molar-refractivity contribution is 6.30. The first-order valence-electron chi connectivity index (χ1n) is 10.8. The number of H-pyrrole nitrogens is 2. The maximum absolute atomic E-state index is 13.4. The average Bonchev–Trinajstić information content (AvgIpc) is 3.11. The van der Waals surface area contributed by atoms with E-state index in [1.54, 1.807) is 24.3 Å². The summed E-state index contributed by atoms with van der Waals surface area (Å²) in [5, 5.41) is 20.4. The van der Waals surface area contributed by atoms with Gasteiger partial charge in [0.15, 0.2) is 0 Å². The van der Waals surface area contributed by atoms with Gasteiger partial charge in [-0.3, -0.25) is 9.55 Å². The Morgan fingerprint density at radius 3 is 2.38 bits per heavy atom. The van der Waals surface area contributed by atoms with Crippen LogP contribution in [0.15, 0.2) is 57.0 Å². The van der Waals surface area contributed by atoms with Gasteiger partial charge in [-0.05, 0) is 55.3 Å². The Morgan fingerprint density at radius 1 is 1.00 bits per heavy atom. The molecular formula is C24H26ClN5O4. The molecule has 0 atom stereocenters. The van der Waals surface area contributed by atoms with E-state index in [1.165, 1.54) is 4.57 Å². The first kappa shape index (κ1) is 23.7. The van der Waals surface area contributed by atoms with Gasteiger partial charge in [0.05, 0.1) is 12.2 Å². The maximum atomic E-state index is 13.4. The van der Waals surface area contributed by atoms with E-state index in [1.807, 2.05) is 32.0 Å². The molecule has 0 radical (unpaired) electrons. The first-order chi connectivity index (χ1) is 16.3. The molecule has 0 bridgehead atoms. The lowest BCUT2D eigenvalue weighted by Gasteiger charge is -2.15. The van der Waals surface area contributed by atoms with Crippen LogP contribution in [0.1, 0.15) is 16.8 Å². The van der Waals surface area contributed by atoms with Gasteiger partial charge in [0, 0.05) is 47.3 Å². The highest BCUT2D eigenvalue weighted by atomic mass is 35.5. The van der Waals surface area contributed by atoms with E-state index < -0.39 is 17.3 Å². The van der Waals surface area contributed by atoms with Crippen LogP contribution in [0.5, 0.6) is 0 Å². The van der Waals surface area contributed by atoms with E-state index in [9.17, 15) is 19.8 Å². The Balaban J connectivity index is 1.90. The normalized spacial score (nSPS) is 12.2. The lowest BCUT2D eigenvalue weighted by molar-refractivity contribution is 0.134. The summed E-state index contributed by atoms with van der Waals surface area (Å²) in [5.74, 6) is -0.646. The number of aromatic nitrogens is 4. The molecule has 0 saturated carbocycles. The molecule has 0 amide bonds. The molecule has 2 aromatic heterocycles. The van der Waals surface area contributed by atoms with Crippen LogP contribution in [-0.4, -0.2) is 42.5 Å². The molecule has 0 aliphatic rings. The number of nitrogens with zero attached hydrogens (tertiary/aromatic N) is 3. The minimum Gasteiger partial charge on any atom is -0.396 e. The van der Waals surface area contributed by atoms with Crippen molar-refractivity contribution in [3.8, 4) is 0 Å². The largest absolute Gasteiger partial charge is 0.396 e. The van der Waals surface area contributed by atoms with Gasteiger partial charge in [-0.1, -0.05) is 23.7 Å². The van der Waals surface area contributed by atoms with E-state index in [4.69, 9.17) is 11.6 Å². The van der Waals surface area contributed by atoms with Crippen molar-refractivity contribution in [2.24, 2.45) is 10.9 Å². The molecule has 34 heavy (non-hydrogen) atoms. The van der Waals surface area contributed by atoms with Crippen LogP contribution in [0.25, 0.3) is 10.9 Å².